The molecule has 5 heteroatoms. The molecule has 16 heavy (non-hydrogen) atoms. The molecule has 4 nitrogen and oxygen atoms in total. The van der Waals surface area contributed by atoms with Gasteiger partial charge in [0.2, 0.25) is 5.91 Å². The lowest BCUT2D eigenvalue weighted by molar-refractivity contribution is -0.121. The van der Waals surface area contributed by atoms with Gasteiger partial charge in [0.15, 0.2) is 9.84 Å². The summed E-state index contributed by atoms with van der Waals surface area (Å²) in [6.07, 6.45) is 1.69. The van der Waals surface area contributed by atoms with Crippen molar-refractivity contribution in [1.82, 2.24) is 0 Å². The zero-order valence-corrected chi connectivity index (χ0v) is 10.1. The van der Waals surface area contributed by atoms with Gasteiger partial charge in [-0.25, -0.2) is 8.42 Å². The highest BCUT2D eigenvalue weighted by atomic mass is 32.2. The maximum Gasteiger partial charge on any atom is 0.220 e. The van der Waals surface area contributed by atoms with E-state index in [4.69, 9.17) is 5.73 Å². The number of nitrogens with two attached hydrogens (primary N) is 1. The van der Waals surface area contributed by atoms with Crippen LogP contribution in [0, 0.1) is 5.92 Å². The van der Waals surface area contributed by atoms with Crippen LogP contribution >= 0.6 is 0 Å². The van der Waals surface area contributed by atoms with Gasteiger partial charge in [-0.15, -0.1) is 0 Å². The second-order valence-corrected chi connectivity index (χ2v) is 5.94. The van der Waals surface area contributed by atoms with Crippen molar-refractivity contribution in [3.05, 3.63) is 29.8 Å². The largest absolute Gasteiger partial charge is 0.369 e. The lowest BCUT2D eigenvalue weighted by atomic mass is 10.0. The number of amides is 1. The Labute approximate surface area is 95.4 Å². The van der Waals surface area contributed by atoms with Gasteiger partial charge in [0, 0.05) is 12.2 Å². The third-order valence-corrected chi connectivity index (χ3v) is 3.51. The molecule has 2 N–H and O–H groups in total. The van der Waals surface area contributed by atoms with Gasteiger partial charge in [0.05, 0.1) is 4.90 Å². The molecule has 0 heterocycles. The van der Waals surface area contributed by atoms with E-state index in [2.05, 4.69) is 0 Å². The van der Waals surface area contributed by atoms with Crippen molar-refractivity contribution in [2.24, 2.45) is 11.7 Å². The summed E-state index contributed by atoms with van der Waals surface area (Å²) in [5.41, 5.74) is 6.05. The quantitative estimate of drug-likeness (QED) is 0.845. The fraction of sp³-hybridized carbons (Fsp3) is 0.364. The summed E-state index contributed by atoms with van der Waals surface area (Å²) >= 11 is 0. The molecule has 0 unspecified atom stereocenters. The molecule has 0 aromatic heterocycles. The summed E-state index contributed by atoms with van der Waals surface area (Å²) in [5.74, 6) is -0.601. The molecule has 0 aliphatic carbocycles. The molecule has 0 saturated heterocycles. The molecular weight excluding hydrogens is 226 g/mol. The molecule has 1 aromatic rings. The van der Waals surface area contributed by atoms with Crippen LogP contribution < -0.4 is 5.73 Å². The Morgan fingerprint density at radius 1 is 1.31 bits per heavy atom. The molecule has 0 aliphatic heterocycles. The number of benzene rings is 1. The van der Waals surface area contributed by atoms with Crippen LogP contribution in [0.15, 0.2) is 29.2 Å². The number of sulfone groups is 1. The van der Waals surface area contributed by atoms with Crippen molar-refractivity contribution in [2.45, 2.75) is 18.2 Å². The zero-order valence-electron chi connectivity index (χ0n) is 9.30. The normalized spacial score (nSPS) is 13.4. The van der Waals surface area contributed by atoms with Crippen LogP contribution in [0.25, 0.3) is 0 Å². The van der Waals surface area contributed by atoms with Crippen LogP contribution in [0.2, 0.25) is 0 Å². The van der Waals surface area contributed by atoms with E-state index < -0.39 is 9.84 Å². The molecule has 0 radical (unpaired) electrons. The minimum absolute atomic E-state index is 0.246. The minimum Gasteiger partial charge on any atom is -0.369 e. The van der Waals surface area contributed by atoms with Gasteiger partial charge in [0.25, 0.3) is 0 Å². The highest BCUT2D eigenvalue weighted by Crippen LogP contribution is 2.13. The van der Waals surface area contributed by atoms with E-state index in [1.807, 2.05) is 0 Å². The van der Waals surface area contributed by atoms with Crippen molar-refractivity contribution in [1.29, 1.82) is 0 Å². The molecule has 1 atom stereocenters. The van der Waals surface area contributed by atoms with Crippen molar-refractivity contribution < 1.29 is 13.2 Å². The molecule has 1 aromatic carbocycles. The van der Waals surface area contributed by atoms with Gasteiger partial charge in [0.1, 0.15) is 0 Å². The first kappa shape index (κ1) is 12.7. The van der Waals surface area contributed by atoms with Gasteiger partial charge in [-0.3, -0.25) is 4.79 Å². The molecule has 0 aliphatic rings. The average Bonchev–Trinajstić information content (AvgIpc) is 2.17. The first-order chi connectivity index (χ1) is 7.30. The SMILES string of the molecule is C[C@H](Cc1ccc(S(C)(=O)=O)cc1)C(N)=O. The second kappa shape index (κ2) is 4.65. The number of primary amides is 1. The summed E-state index contributed by atoms with van der Waals surface area (Å²) in [6.45, 7) is 1.74. The Bertz CT molecular complexity index is 476. The van der Waals surface area contributed by atoms with Gasteiger partial charge in [-0.1, -0.05) is 19.1 Å². The third kappa shape index (κ3) is 3.34. The number of carbonyl (C=O) groups excluding carboxylic acids is 1. The fourth-order valence-electron chi connectivity index (χ4n) is 1.33. The first-order valence-corrected chi connectivity index (χ1v) is 6.78. The van der Waals surface area contributed by atoms with Gasteiger partial charge in [-0.2, -0.15) is 0 Å². The highest BCUT2D eigenvalue weighted by molar-refractivity contribution is 7.90. The van der Waals surface area contributed by atoms with E-state index >= 15 is 0 Å². The Morgan fingerprint density at radius 2 is 1.81 bits per heavy atom. The number of hydrogen-bond donors (Lipinski definition) is 1. The van der Waals surface area contributed by atoms with Gasteiger partial charge in [-0.05, 0) is 24.1 Å². The molecule has 0 fully saturated rings. The van der Waals surface area contributed by atoms with Crippen LogP contribution in [0.3, 0.4) is 0 Å². The maximum atomic E-state index is 11.2. The molecule has 88 valence electrons. The van der Waals surface area contributed by atoms with Crippen LogP contribution in [-0.4, -0.2) is 20.6 Å². The van der Waals surface area contributed by atoms with E-state index in [1.165, 1.54) is 0 Å². The van der Waals surface area contributed by atoms with E-state index in [0.717, 1.165) is 11.8 Å². The minimum atomic E-state index is -3.16. The third-order valence-electron chi connectivity index (χ3n) is 2.38. The molecule has 0 spiro atoms. The van der Waals surface area contributed by atoms with Crippen LogP contribution in [0.1, 0.15) is 12.5 Å². The van der Waals surface area contributed by atoms with Gasteiger partial charge >= 0.3 is 0 Å². The van der Waals surface area contributed by atoms with Crippen molar-refractivity contribution in [3.8, 4) is 0 Å². The van der Waals surface area contributed by atoms with E-state index in [9.17, 15) is 13.2 Å². The standard InChI is InChI=1S/C11H15NO3S/c1-8(11(12)13)7-9-3-5-10(6-4-9)16(2,14)15/h3-6,8H,7H2,1-2H3,(H2,12,13)/t8-/m1/s1. The summed E-state index contributed by atoms with van der Waals surface area (Å²) in [6, 6.07) is 6.49. The lowest BCUT2D eigenvalue weighted by Gasteiger charge is -2.07. The fourth-order valence-corrected chi connectivity index (χ4v) is 1.96. The smallest absolute Gasteiger partial charge is 0.220 e. The van der Waals surface area contributed by atoms with Gasteiger partial charge < -0.3 is 5.73 Å². The number of rotatable bonds is 4. The lowest BCUT2D eigenvalue weighted by Crippen LogP contribution is -2.22. The highest BCUT2D eigenvalue weighted by Gasteiger charge is 2.11. The average molecular weight is 241 g/mol. The summed E-state index contributed by atoms with van der Waals surface area (Å²) in [4.78, 5) is 11.1. The second-order valence-electron chi connectivity index (χ2n) is 3.92. The summed E-state index contributed by atoms with van der Waals surface area (Å²) < 4.78 is 22.4. The predicted molar refractivity (Wildman–Crippen MR) is 61.6 cm³/mol. The molecular formula is C11H15NO3S. The van der Waals surface area contributed by atoms with Crippen LogP contribution in [-0.2, 0) is 21.1 Å². The van der Waals surface area contributed by atoms with E-state index in [-0.39, 0.29) is 16.7 Å². The Morgan fingerprint density at radius 3 is 2.19 bits per heavy atom. The number of hydrogen-bond acceptors (Lipinski definition) is 3. The molecule has 0 bridgehead atoms. The Hall–Kier alpha value is -1.36. The monoisotopic (exact) mass is 241 g/mol. The van der Waals surface area contributed by atoms with Crippen molar-refractivity contribution in [3.63, 3.8) is 0 Å². The van der Waals surface area contributed by atoms with E-state index in [0.29, 0.717) is 6.42 Å². The predicted octanol–water partition coefficient (Wildman–Crippen LogP) is 0.754. The van der Waals surface area contributed by atoms with Crippen LogP contribution in [0.4, 0.5) is 0 Å². The maximum absolute atomic E-state index is 11.2. The van der Waals surface area contributed by atoms with Crippen molar-refractivity contribution in [2.75, 3.05) is 6.26 Å². The zero-order chi connectivity index (χ0) is 12.3. The Kier molecular flexibility index (Phi) is 3.70. The van der Waals surface area contributed by atoms with Crippen molar-refractivity contribution >= 4 is 15.7 Å². The Balaban J connectivity index is 2.84. The number of carbonyl (C=O) groups is 1. The summed E-state index contributed by atoms with van der Waals surface area (Å²) in [7, 11) is -3.16. The summed E-state index contributed by atoms with van der Waals surface area (Å²) in [5, 5.41) is 0. The topological polar surface area (TPSA) is 77.2 Å². The molecule has 1 rings (SSSR count). The first-order valence-electron chi connectivity index (χ1n) is 4.89. The molecule has 1 amide bonds. The molecule has 0 saturated carbocycles. The van der Waals surface area contributed by atoms with E-state index in [1.54, 1.807) is 31.2 Å². The van der Waals surface area contributed by atoms with Crippen LogP contribution in [0.5, 0.6) is 0 Å².